The number of carbonyl (C=O) groups excluding carboxylic acids is 1. The molecule has 2 fully saturated rings. The highest BCUT2D eigenvalue weighted by Gasteiger charge is 2.20. The molecule has 2 aromatic carbocycles. The zero-order chi connectivity index (χ0) is 25.2. The van der Waals surface area contributed by atoms with Gasteiger partial charge in [-0.25, -0.2) is 4.39 Å². The first-order valence-corrected chi connectivity index (χ1v) is 13.4. The van der Waals surface area contributed by atoms with Crippen LogP contribution >= 0.6 is 0 Å². The number of anilines is 1. The van der Waals surface area contributed by atoms with Crippen molar-refractivity contribution in [2.75, 3.05) is 44.7 Å². The second-order valence-electron chi connectivity index (χ2n) is 9.93. The summed E-state index contributed by atoms with van der Waals surface area (Å²) < 4.78 is 26.5. The van der Waals surface area contributed by atoms with Crippen molar-refractivity contribution in [1.29, 1.82) is 0 Å². The molecular formula is C29H40FN3O3. The molecule has 1 unspecified atom stereocenters. The molecule has 1 atom stereocenters. The lowest BCUT2D eigenvalue weighted by molar-refractivity contribution is -0.109. The quantitative estimate of drug-likeness (QED) is 0.326. The number of carbonyl (C=O) groups is 1. The SMILES string of the molecule is COc1ccc(CCC(CCNC=O)Oc2cc(F)cc(N3CCNCC3)c2)cc1C1CCCCC1. The number of hydrogen-bond acceptors (Lipinski definition) is 5. The van der Waals surface area contributed by atoms with Crippen molar-refractivity contribution < 1.29 is 18.7 Å². The Morgan fingerprint density at radius 3 is 2.67 bits per heavy atom. The van der Waals surface area contributed by atoms with Gasteiger partial charge in [0.25, 0.3) is 0 Å². The predicted octanol–water partition coefficient (Wildman–Crippen LogP) is 4.81. The number of rotatable bonds is 12. The molecule has 2 aromatic rings. The highest BCUT2D eigenvalue weighted by Crippen LogP contribution is 2.38. The molecule has 4 rings (SSSR count). The molecule has 0 aromatic heterocycles. The second kappa shape index (κ2) is 13.5. The van der Waals surface area contributed by atoms with Gasteiger partial charge >= 0.3 is 0 Å². The van der Waals surface area contributed by atoms with E-state index in [-0.39, 0.29) is 11.9 Å². The Bertz CT molecular complexity index is 974. The van der Waals surface area contributed by atoms with Gasteiger partial charge in [0.15, 0.2) is 0 Å². The standard InChI is InChI=1S/C29H40FN3O3/c1-35-29-10-8-22(17-28(29)23-5-3-2-4-6-23)7-9-26(11-12-32-21-34)36-27-19-24(30)18-25(20-27)33-15-13-31-14-16-33/h8,10,17-21,23,26,31H,2-7,9,11-16H2,1H3,(H,32,34). The first-order valence-electron chi connectivity index (χ1n) is 13.4. The third kappa shape index (κ3) is 7.36. The van der Waals surface area contributed by atoms with E-state index >= 15 is 0 Å². The average Bonchev–Trinajstić information content (AvgIpc) is 2.92. The molecule has 36 heavy (non-hydrogen) atoms. The Morgan fingerprint density at radius 2 is 1.92 bits per heavy atom. The Labute approximate surface area is 214 Å². The molecule has 1 amide bonds. The van der Waals surface area contributed by atoms with Gasteiger partial charge in [0.2, 0.25) is 6.41 Å². The maximum Gasteiger partial charge on any atom is 0.207 e. The normalized spacial score (nSPS) is 17.4. The van der Waals surface area contributed by atoms with E-state index in [0.717, 1.165) is 50.5 Å². The van der Waals surface area contributed by atoms with Crippen LogP contribution < -0.4 is 25.0 Å². The highest BCUT2D eigenvalue weighted by molar-refractivity contribution is 5.51. The molecule has 6 nitrogen and oxygen atoms in total. The van der Waals surface area contributed by atoms with Crippen LogP contribution in [-0.2, 0) is 11.2 Å². The van der Waals surface area contributed by atoms with Gasteiger partial charge in [-0.2, -0.15) is 0 Å². The van der Waals surface area contributed by atoms with Gasteiger partial charge in [0.05, 0.1) is 7.11 Å². The van der Waals surface area contributed by atoms with Gasteiger partial charge in [-0.05, 0) is 54.9 Å². The lowest BCUT2D eigenvalue weighted by atomic mass is 9.83. The van der Waals surface area contributed by atoms with Gasteiger partial charge in [0.1, 0.15) is 23.4 Å². The molecule has 2 N–H and O–H groups in total. The van der Waals surface area contributed by atoms with Crippen molar-refractivity contribution in [3.05, 3.63) is 53.3 Å². The summed E-state index contributed by atoms with van der Waals surface area (Å²) in [4.78, 5) is 13.0. The summed E-state index contributed by atoms with van der Waals surface area (Å²) in [6.45, 7) is 3.98. The number of aryl methyl sites for hydroxylation is 1. The number of ether oxygens (including phenoxy) is 2. The molecule has 1 saturated heterocycles. The molecule has 1 aliphatic carbocycles. The van der Waals surface area contributed by atoms with Crippen LogP contribution in [0, 0.1) is 5.82 Å². The number of piperazine rings is 1. The van der Waals surface area contributed by atoms with Gasteiger partial charge in [-0.15, -0.1) is 0 Å². The number of nitrogens with one attached hydrogen (secondary N) is 2. The number of nitrogens with zero attached hydrogens (tertiary/aromatic N) is 1. The minimum Gasteiger partial charge on any atom is -0.496 e. The van der Waals surface area contributed by atoms with E-state index in [1.54, 1.807) is 13.2 Å². The van der Waals surface area contributed by atoms with Crippen molar-refractivity contribution in [3.63, 3.8) is 0 Å². The van der Waals surface area contributed by atoms with Crippen LogP contribution in [0.3, 0.4) is 0 Å². The summed E-state index contributed by atoms with van der Waals surface area (Å²) in [5, 5.41) is 6.07. The first-order chi connectivity index (χ1) is 17.7. The van der Waals surface area contributed by atoms with E-state index in [0.29, 0.717) is 31.0 Å². The maximum atomic E-state index is 14.5. The van der Waals surface area contributed by atoms with Crippen LogP contribution in [0.2, 0.25) is 0 Å². The zero-order valence-electron chi connectivity index (χ0n) is 21.4. The molecule has 0 radical (unpaired) electrons. The van der Waals surface area contributed by atoms with Crippen LogP contribution in [0.4, 0.5) is 10.1 Å². The number of methoxy groups -OCH3 is 1. The van der Waals surface area contributed by atoms with Gasteiger partial charge in [0, 0.05) is 57.0 Å². The van der Waals surface area contributed by atoms with Crippen LogP contribution in [-0.4, -0.2) is 52.3 Å². The number of halogens is 1. The Morgan fingerprint density at radius 1 is 1.11 bits per heavy atom. The lowest BCUT2D eigenvalue weighted by Gasteiger charge is -2.30. The summed E-state index contributed by atoms with van der Waals surface area (Å²) >= 11 is 0. The maximum absolute atomic E-state index is 14.5. The van der Waals surface area contributed by atoms with Crippen molar-refractivity contribution in [1.82, 2.24) is 10.6 Å². The fourth-order valence-corrected chi connectivity index (χ4v) is 5.48. The van der Waals surface area contributed by atoms with Gasteiger partial charge < -0.3 is 25.0 Å². The molecule has 2 aliphatic rings. The molecule has 196 valence electrons. The summed E-state index contributed by atoms with van der Waals surface area (Å²) in [7, 11) is 1.75. The Hall–Kier alpha value is -2.80. The molecular weight excluding hydrogens is 457 g/mol. The Kier molecular flexibility index (Phi) is 9.84. The monoisotopic (exact) mass is 497 g/mol. The predicted molar refractivity (Wildman–Crippen MR) is 142 cm³/mol. The van der Waals surface area contributed by atoms with Crippen LogP contribution in [0.5, 0.6) is 11.5 Å². The van der Waals surface area contributed by atoms with E-state index in [2.05, 4.69) is 33.7 Å². The largest absolute Gasteiger partial charge is 0.496 e. The van der Waals surface area contributed by atoms with Crippen molar-refractivity contribution in [2.24, 2.45) is 0 Å². The second-order valence-corrected chi connectivity index (χ2v) is 9.93. The van der Waals surface area contributed by atoms with Crippen LogP contribution in [0.15, 0.2) is 36.4 Å². The number of benzene rings is 2. The van der Waals surface area contributed by atoms with Crippen molar-refractivity contribution in [2.45, 2.75) is 63.4 Å². The fraction of sp³-hybridized carbons (Fsp3) is 0.552. The third-order valence-corrected chi connectivity index (χ3v) is 7.43. The van der Waals surface area contributed by atoms with E-state index in [1.807, 2.05) is 6.07 Å². The molecule has 1 saturated carbocycles. The van der Waals surface area contributed by atoms with E-state index in [1.165, 1.54) is 49.3 Å². The minimum atomic E-state index is -0.293. The van der Waals surface area contributed by atoms with Crippen LogP contribution in [0.25, 0.3) is 0 Å². The third-order valence-electron chi connectivity index (χ3n) is 7.43. The summed E-state index contributed by atoms with van der Waals surface area (Å²) in [5.41, 5.74) is 3.43. The summed E-state index contributed by atoms with van der Waals surface area (Å²) in [5.74, 6) is 1.79. The minimum absolute atomic E-state index is 0.143. The first kappa shape index (κ1) is 26.3. The van der Waals surface area contributed by atoms with E-state index in [4.69, 9.17) is 9.47 Å². The summed E-state index contributed by atoms with van der Waals surface area (Å²) in [6, 6.07) is 11.5. The number of hydrogen-bond donors (Lipinski definition) is 2. The van der Waals surface area contributed by atoms with E-state index < -0.39 is 0 Å². The highest BCUT2D eigenvalue weighted by atomic mass is 19.1. The molecule has 1 heterocycles. The number of amides is 1. The molecule has 0 spiro atoms. The smallest absolute Gasteiger partial charge is 0.207 e. The van der Waals surface area contributed by atoms with Gasteiger partial charge in [-0.3, -0.25) is 4.79 Å². The lowest BCUT2D eigenvalue weighted by Crippen LogP contribution is -2.43. The zero-order valence-corrected chi connectivity index (χ0v) is 21.4. The molecule has 1 aliphatic heterocycles. The van der Waals surface area contributed by atoms with E-state index in [9.17, 15) is 9.18 Å². The average molecular weight is 498 g/mol. The topological polar surface area (TPSA) is 62.8 Å². The van der Waals surface area contributed by atoms with Crippen molar-refractivity contribution >= 4 is 12.1 Å². The molecule has 7 heteroatoms. The van der Waals surface area contributed by atoms with Crippen LogP contribution in [0.1, 0.15) is 62.0 Å². The molecule has 0 bridgehead atoms. The van der Waals surface area contributed by atoms with Gasteiger partial charge in [-0.1, -0.05) is 31.4 Å². The fourth-order valence-electron chi connectivity index (χ4n) is 5.48. The Balaban J connectivity index is 1.45. The van der Waals surface area contributed by atoms with Crippen molar-refractivity contribution in [3.8, 4) is 11.5 Å². The summed E-state index contributed by atoms with van der Waals surface area (Å²) in [6.07, 6.45) is 9.16.